The second-order valence-corrected chi connectivity index (χ2v) is 9.94. The molecular formula is C21H22N4O4S2. The average molecular weight is 459 g/mol. The molecule has 3 aromatic rings. The zero-order valence-corrected chi connectivity index (χ0v) is 18.3. The lowest BCUT2D eigenvalue weighted by molar-refractivity contribution is -0.118. The molecule has 2 aromatic carbocycles. The lowest BCUT2D eigenvalue weighted by Gasteiger charge is -2.13. The van der Waals surface area contributed by atoms with Crippen LogP contribution >= 0.6 is 11.8 Å². The topological polar surface area (TPSA) is 124 Å². The van der Waals surface area contributed by atoms with Crippen LogP contribution < -0.4 is 16.0 Å². The Bertz CT molecular complexity index is 1280. The number of hydrogen-bond donors (Lipinski definition) is 2. The van der Waals surface area contributed by atoms with E-state index >= 15 is 0 Å². The van der Waals surface area contributed by atoms with Gasteiger partial charge in [-0.05, 0) is 49.1 Å². The molecular weight excluding hydrogens is 436 g/mol. The van der Waals surface area contributed by atoms with Crippen LogP contribution in [0.15, 0.2) is 63.4 Å². The maximum Gasteiger partial charge on any atom is 0.262 e. The summed E-state index contributed by atoms with van der Waals surface area (Å²) in [5.41, 5.74) is 1.28. The molecule has 1 amide bonds. The maximum atomic E-state index is 13.1. The number of nitrogens with one attached hydrogen (secondary N) is 1. The normalized spacial score (nSPS) is 14.0. The number of fused-ring (bicyclic) bond motifs is 1. The molecule has 0 saturated heterocycles. The van der Waals surface area contributed by atoms with Crippen LogP contribution in [0, 0.1) is 0 Å². The van der Waals surface area contributed by atoms with E-state index in [-0.39, 0.29) is 28.2 Å². The molecule has 4 rings (SSSR count). The Morgan fingerprint density at radius 2 is 1.87 bits per heavy atom. The fraction of sp³-hybridized carbons (Fsp3) is 0.286. The Morgan fingerprint density at radius 3 is 2.55 bits per heavy atom. The minimum atomic E-state index is -3.75. The number of aromatic nitrogens is 2. The Morgan fingerprint density at radius 1 is 1.16 bits per heavy atom. The molecule has 1 aromatic heterocycles. The molecule has 1 fully saturated rings. The molecule has 0 atom stereocenters. The second-order valence-electron chi connectivity index (χ2n) is 7.44. The summed E-state index contributed by atoms with van der Waals surface area (Å²) >= 11 is 1.24. The first-order chi connectivity index (χ1) is 14.8. The van der Waals surface area contributed by atoms with Crippen molar-refractivity contribution >= 4 is 38.6 Å². The number of carbonyl (C=O) groups is 1. The van der Waals surface area contributed by atoms with Crippen LogP contribution in [0.4, 0.5) is 0 Å². The van der Waals surface area contributed by atoms with E-state index in [1.807, 2.05) is 6.07 Å². The van der Waals surface area contributed by atoms with Gasteiger partial charge in [0.2, 0.25) is 15.9 Å². The number of sulfonamides is 1. The van der Waals surface area contributed by atoms with Crippen LogP contribution in [0.25, 0.3) is 10.9 Å². The van der Waals surface area contributed by atoms with Crippen molar-refractivity contribution in [3.8, 4) is 0 Å². The van der Waals surface area contributed by atoms with E-state index in [4.69, 9.17) is 5.14 Å². The second kappa shape index (κ2) is 8.81. The number of amides is 1. The number of hydrogen-bond acceptors (Lipinski definition) is 6. The van der Waals surface area contributed by atoms with Crippen LogP contribution in [-0.2, 0) is 27.8 Å². The van der Waals surface area contributed by atoms with E-state index in [2.05, 4.69) is 10.3 Å². The van der Waals surface area contributed by atoms with Gasteiger partial charge < -0.3 is 5.32 Å². The molecule has 162 valence electrons. The Hall–Kier alpha value is -2.69. The molecule has 0 bridgehead atoms. The largest absolute Gasteiger partial charge is 0.353 e. The number of primary sulfonamides is 1. The fourth-order valence-electron chi connectivity index (χ4n) is 3.17. The van der Waals surface area contributed by atoms with Gasteiger partial charge in [0.05, 0.1) is 21.6 Å². The predicted molar refractivity (Wildman–Crippen MR) is 119 cm³/mol. The summed E-state index contributed by atoms with van der Waals surface area (Å²) in [6.45, 7) is 0.345. The van der Waals surface area contributed by atoms with Gasteiger partial charge in [-0.2, -0.15) is 0 Å². The van der Waals surface area contributed by atoms with Crippen molar-refractivity contribution in [3.63, 3.8) is 0 Å². The molecule has 0 spiro atoms. The van der Waals surface area contributed by atoms with Crippen molar-refractivity contribution < 1.29 is 13.2 Å². The number of nitrogens with zero attached hydrogens (tertiary/aromatic N) is 2. The minimum Gasteiger partial charge on any atom is -0.353 e. The smallest absolute Gasteiger partial charge is 0.262 e. The maximum absolute atomic E-state index is 13.1. The molecule has 0 unspecified atom stereocenters. The van der Waals surface area contributed by atoms with Gasteiger partial charge in [-0.3, -0.25) is 14.2 Å². The predicted octanol–water partition coefficient (Wildman–Crippen LogP) is 1.66. The van der Waals surface area contributed by atoms with Crippen LogP contribution in [-0.4, -0.2) is 35.7 Å². The van der Waals surface area contributed by atoms with Crippen molar-refractivity contribution in [2.45, 2.75) is 41.9 Å². The standard InChI is InChI=1S/C21H22N4O4S2/c22-31(28,29)16-9-5-14(6-10-16)11-12-25-20(27)17-3-1-2-4-18(17)24-21(25)30-13-19(26)23-15-7-8-15/h1-6,9-10,15H,7-8,11-13H2,(H,23,26)(H2,22,28,29). The Kier molecular flexibility index (Phi) is 6.12. The number of aryl methyl sites for hydroxylation is 1. The van der Waals surface area contributed by atoms with Gasteiger partial charge in [-0.1, -0.05) is 36.0 Å². The number of thioether (sulfide) groups is 1. The highest BCUT2D eigenvalue weighted by molar-refractivity contribution is 7.99. The number of benzene rings is 2. The van der Waals surface area contributed by atoms with Crippen molar-refractivity contribution in [1.82, 2.24) is 14.9 Å². The highest BCUT2D eigenvalue weighted by Crippen LogP contribution is 2.21. The third-order valence-electron chi connectivity index (χ3n) is 4.98. The highest BCUT2D eigenvalue weighted by atomic mass is 32.2. The van der Waals surface area contributed by atoms with Gasteiger partial charge in [-0.25, -0.2) is 18.5 Å². The molecule has 10 heteroatoms. The highest BCUT2D eigenvalue weighted by Gasteiger charge is 2.23. The molecule has 8 nitrogen and oxygen atoms in total. The average Bonchev–Trinajstić information content (AvgIpc) is 3.55. The quantitative estimate of drug-likeness (QED) is 0.391. The summed E-state index contributed by atoms with van der Waals surface area (Å²) < 4.78 is 24.4. The van der Waals surface area contributed by atoms with E-state index in [0.29, 0.717) is 29.0 Å². The molecule has 1 saturated carbocycles. The summed E-state index contributed by atoms with van der Waals surface area (Å²) in [5.74, 6) is 0.115. The zero-order valence-electron chi connectivity index (χ0n) is 16.7. The van der Waals surface area contributed by atoms with E-state index in [9.17, 15) is 18.0 Å². The first-order valence-corrected chi connectivity index (χ1v) is 12.4. The molecule has 1 aliphatic rings. The minimum absolute atomic E-state index is 0.0405. The molecule has 3 N–H and O–H groups in total. The summed E-state index contributed by atoms with van der Waals surface area (Å²) in [4.78, 5) is 29.9. The van der Waals surface area contributed by atoms with Gasteiger partial charge in [-0.15, -0.1) is 0 Å². The van der Waals surface area contributed by atoms with Gasteiger partial charge in [0.1, 0.15) is 0 Å². The van der Waals surface area contributed by atoms with Crippen LogP contribution in [0.3, 0.4) is 0 Å². The van der Waals surface area contributed by atoms with Crippen LogP contribution in [0.5, 0.6) is 0 Å². The number of carbonyl (C=O) groups excluding carboxylic acids is 1. The van der Waals surface area contributed by atoms with Crippen molar-refractivity contribution in [1.29, 1.82) is 0 Å². The van der Waals surface area contributed by atoms with Crippen molar-refractivity contribution in [2.24, 2.45) is 5.14 Å². The number of rotatable bonds is 8. The van der Waals surface area contributed by atoms with Gasteiger partial charge in [0, 0.05) is 12.6 Å². The third kappa shape index (κ3) is 5.33. The number of para-hydroxylation sites is 1. The summed E-state index contributed by atoms with van der Waals surface area (Å²) in [7, 11) is -3.75. The molecule has 0 aliphatic heterocycles. The zero-order chi connectivity index (χ0) is 22.0. The lowest BCUT2D eigenvalue weighted by Crippen LogP contribution is -2.28. The third-order valence-corrected chi connectivity index (χ3v) is 6.88. The van der Waals surface area contributed by atoms with Gasteiger partial charge in [0.25, 0.3) is 5.56 Å². The van der Waals surface area contributed by atoms with E-state index in [0.717, 1.165) is 18.4 Å². The van der Waals surface area contributed by atoms with E-state index < -0.39 is 10.0 Å². The summed E-state index contributed by atoms with van der Waals surface area (Å²) in [6.07, 6.45) is 2.52. The molecule has 31 heavy (non-hydrogen) atoms. The Labute approximate surface area is 183 Å². The molecule has 1 heterocycles. The Balaban J connectivity index is 1.57. The van der Waals surface area contributed by atoms with Crippen molar-refractivity contribution in [3.05, 3.63) is 64.4 Å². The summed E-state index contributed by atoms with van der Waals surface area (Å²) in [6, 6.07) is 13.6. The lowest BCUT2D eigenvalue weighted by atomic mass is 10.1. The molecule has 0 radical (unpaired) electrons. The number of nitrogens with two attached hydrogens (primary N) is 1. The van der Waals surface area contributed by atoms with Gasteiger partial charge >= 0.3 is 0 Å². The first-order valence-electron chi connectivity index (χ1n) is 9.85. The van der Waals surface area contributed by atoms with E-state index in [1.54, 1.807) is 34.9 Å². The first kappa shape index (κ1) is 21.5. The monoisotopic (exact) mass is 458 g/mol. The van der Waals surface area contributed by atoms with Crippen molar-refractivity contribution in [2.75, 3.05) is 5.75 Å². The van der Waals surface area contributed by atoms with Crippen LogP contribution in [0.2, 0.25) is 0 Å². The van der Waals surface area contributed by atoms with E-state index in [1.165, 1.54) is 23.9 Å². The molecule has 1 aliphatic carbocycles. The van der Waals surface area contributed by atoms with Crippen LogP contribution in [0.1, 0.15) is 18.4 Å². The SMILES string of the molecule is NS(=O)(=O)c1ccc(CCn2c(SCC(=O)NC3CC3)nc3ccccc3c2=O)cc1. The summed E-state index contributed by atoms with van der Waals surface area (Å²) in [5, 5.41) is 9.07. The van der Waals surface area contributed by atoms with Gasteiger partial charge in [0.15, 0.2) is 5.16 Å². The fourth-order valence-corrected chi connectivity index (χ4v) is 4.52.